The SMILES string of the molecule is O=C(C[C@@H]1SC[C@@H](C(=O)O)NC1=O)Nc1ccc(Cl)cc1Cl. The normalized spacial score (nSPS) is 21.1. The van der Waals surface area contributed by atoms with Gasteiger partial charge in [0.2, 0.25) is 11.8 Å². The third kappa shape index (κ3) is 4.28. The molecule has 0 radical (unpaired) electrons. The van der Waals surface area contributed by atoms with Gasteiger partial charge in [-0.3, -0.25) is 9.59 Å². The summed E-state index contributed by atoms with van der Waals surface area (Å²) in [4.78, 5) is 34.6. The van der Waals surface area contributed by atoms with E-state index in [1.54, 1.807) is 12.1 Å². The van der Waals surface area contributed by atoms with Crippen LogP contribution < -0.4 is 10.6 Å². The summed E-state index contributed by atoms with van der Waals surface area (Å²) in [5.41, 5.74) is 0.403. The van der Waals surface area contributed by atoms with Gasteiger partial charge in [-0.25, -0.2) is 4.79 Å². The Kier molecular flexibility index (Phi) is 5.55. The number of carboxylic acids is 1. The van der Waals surface area contributed by atoms with Crippen LogP contribution in [0.25, 0.3) is 0 Å². The number of carboxylic acid groups (broad SMARTS) is 1. The molecule has 1 aliphatic heterocycles. The first-order chi connectivity index (χ1) is 10.4. The highest BCUT2D eigenvalue weighted by atomic mass is 35.5. The molecule has 0 saturated carbocycles. The summed E-state index contributed by atoms with van der Waals surface area (Å²) >= 11 is 12.9. The second-order valence-corrected chi connectivity index (χ2v) is 6.68. The third-order valence-electron chi connectivity index (χ3n) is 2.95. The number of nitrogens with one attached hydrogen (secondary N) is 2. The third-order valence-corrected chi connectivity index (χ3v) is 4.80. The minimum absolute atomic E-state index is 0.0677. The Hall–Kier alpha value is -1.44. The van der Waals surface area contributed by atoms with Crippen LogP contribution in [-0.4, -0.2) is 39.9 Å². The van der Waals surface area contributed by atoms with Crippen molar-refractivity contribution < 1.29 is 19.5 Å². The lowest BCUT2D eigenvalue weighted by molar-refractivity contribution is -0.141. The molecule has 1 aromatic rings. The number of anilines is 1. The molecule has 0 aliphatic carbocycles. The van der Waals surface area contributed by atoms with Crippen molar-refractivity contribution >= 4 is 58.4 Å². The lowest BCUT2D eigenvalue weighted by atomic mass is 10.2. The summed E-state index contributed by atoms with van der Waals surface area (Å²) in [5.74, 6) is -1.70. The number of carbonyl (C=O) groups is 3. The van der Waals surface area contributed by atoms with E-state index in [0.717, 1.165) is 11.8 Å². The number of hydrogen-bond acceptors (Lipinski definition) is 4. The fourth-order valence-electron chi connectivity index (χ4n) is 1.84. The molecule has 9 heteroatoms. The summed E-state index contributed by atoms with van der Waals surface area (Å²) < 4.78 is 0. The second-order valence-electron chi connectivity index (χ2n) is 4.60. The van der Waals surface area contributed by atoms with Crippen molar-refractivity contribution in [3.63, 3.8) is 0 Å². The van der Waals surface area contributed by atoms with Crippen LogP contribution in [0.2, 0.25) is 10.0 Å². The highest BCUT2D eigenvalue weighted by molar-refractivity contribution is 8.00. The van der Waals surface area contributed by atoms with E-state index in [4.69, 9.17) is 28.3 Å². The van der Waals surface area contributed by atoms with E-state index >= 15 is 0 Å². The number of carbonyl (C=O) groups excluding carboxylic acids is 2. The summed E-state index contributed by atoms with van der Waals surface area (Å²) in [6, 6.07) is 3.74. The van der Waals surface area contributed by atoms with E-state index in [0.29, 0.717) is 15.7 Å². The zero-order chi connectivity index (χ0) is 16.3. The highest BCUT2D eigenvalue weighted by Crippen LogP contribution is 2.26. The van der Waals surface area contributed by atoms with Crippen molar-refractivity contribution in [1.29, 1.82) is 0 Å². The largest absolute Gasteiger partial charge is 0.480 e. The molecule has 1 saturated heterocycles. The topological polar surface area (TPSA) is 95.5 Å². The molecule has 2 rings (SSSR count). The van der Waals surface area contributed by atoms with Crippen LogP contribution in [0.3, 0.4) is 0 Å². The van der Waals surface area contributed by atoms with Crippen molar-refractivity contribution in [2.75, 3.05) is 11.1 Å². The van der Waals surface area contributed by atoms with E-state index in [2.05, 4.69) is 10.6 Å². The lowest BCUT2D eigenvalue weighted by Gasteiger charge is -2.25. The first kappa shape index (κ1) is 16.9. The smallest absolute Gasteiger partial charge is 0.327 e. The number of rotatable bonds is 4. The van der Waals surface area contributed by atoms with Gasteiger partial charge in [0.25, 0.3) is 0 Å². The van der Waals surface area contributed by atoms with E-state index < -0.39 is 23.2 Å². The maximum absolute atomic E-state index is 12.0. The molecule has 118 valence electrons. The molecular weight excluding hydrogens is 351 g/mol. The Morgan fingerprint density at radius 1 is 1.41 bits per heavy atom. The van der Waals surface area contributed by atoms with Gasteiger partial charge in [-0.2, -0.15) is 0 Å². The number of halogens is 2. The fourth-order valence-corrected chi connectivity index (χ4v) is 3.43. The minimum atomic E-state index is -1.09. The zero-order valence-corrected chi connectivity index (χ0v) is 13.5. The summed E-state index contributed by atoms with van der Waals surface area (Å²) in [7, 11) is 0. The predicted molar refractivity (Wildman–Crippen MR) is 85.5 cm³/mol. The molecule has 0 aromatic heterocycles. The Balaban J connectivity index is 1.92. The number of benzene rings is 1. The van der Waals surface area contributed by atoms with Crippen molar-refractivity contribution in [3.8, 4) is 0 Å². The molecule has 0 unspecified atom stereocenters. The molecule has 0 spiro atoms. The van der Waals surface area contributed by atoms with Crippen LogP contribution in [0, 0.1) is 0 Å². The summed E-state index contributed by atoms with van der Waals surface area (Å²) in [6.07, 6.45) is -0.0677. The van der Waals surface area contributed by atoms with E-state index in [1.165, 1.54) is 6.07 Å². The quantitative estimate of drug-likeness (QED) is 0.761. The predicted octanol–water partition coefficient (Wildman–Crippen LogP) is 2.01. The Morgan fingerprint density at radius 3 is 2.73 bits per heavy atom. The summed E-state index contributed by atoms with van der Waals surface area (Å²) in [6.45, 7) is 0. The monoisotopic (exact) mass is 362 g/mol. The van der Waals surface area contributed by atoms with Crippen molar-refractivity contribution in [2.24, 2.45) is 0 Å². The molecule has 1 heterocycles. The van der Waals surface area contributed by atoms with Gasteiger partial charge in [-0.15, -0.1) is 11.8 Å². The lowest BCUT2D eigenvalue weighted by Crippen LogP contribution is -2.51. The van der Waals surface area contributed by atoms with E-state index in [9.17, 15) is 14.4 Å². The standard InChI is InChI=1S/C13H12Cl2N2O4S/c14-6-1-2-8(7(15)3-6)16-11(18)4-10-12(19)17-9(5-22-10)13(20)21/h1-3,9-10H,4-5H2,(H,16,18)(H,17,19)(H,20,21)/t9-,10-/m0/s1. The van der Waals surface area contributed by atoms with Crippen LogP contribution in [-0.2, 0) is 14.4 Å². The number of thioether (sulfide) groups is 1. The van der Waals surface area contributed by atoms with Gasteiger partial charge < -0.3 is 15.7 Å². The average molecular weight is 363 g/mol. The van der Waals surface area contributed by atoms with E-state index in [-0.39, 0.29) is 18.1 Å². The molecule has 6 nitrogen and oxygen atoms in total. The first-order valence-corrected chi connectivity index (χ1v) is 8.07. The van der Waals surface area contributed by atoms with E-state index in [1.807, 2.05) is 0 Å². The molecule has 3 N–H and O–H groups in total. The molecule has 1 aliphatic rings. The maximum Gasteiger partial charge on any atom is 0.327 e. The van der Waals surface area contributed by atoms with Crippen LogP contribution in [0.15, 0.2) is 18.2 Å². The van der Waals surface area contributed by atoms with Crippen LogP contribution in [0.5, 0.6) is 0 Å². The molecule has 0 bridgehead atoms. The van der Waals surface area contributed by atoms with Crippen molar-refractivity contribution in [1.82, 2.24) is 5.32 Å². The second kappa shape index (κ2) is 7.21. The van der Waals surface area contributed by atoms with Gasteiger partial charge in [-0.05, 0) is 18.2 Å². The Bertz CT molecular complexity index is 626. The van der Waals surface area contributed by atoms with Gasteiger partial charge in [-0.1, -0.05) is 23.2 Å². The highest BCUT2D eigenvalue weighted by Gasteiger charge is 2.33. The van der Waals surface area contributed by atoms with Gasteiger partial charge in [0.05, 0.1) is 16.0 Å². The molecule has 2 amide bonds. The first-order valence-electron chi connectivity index (χ1n) is 6.26. The van der Waals surface area contributed by atoms with Gasteiger partial charge in [0.1, 0.15) is 6.04 Å². The van der Waals surface area contributed by atoms with Crippen LogP contribution in [0.1, 0.15) is 6.42 Å². The minimum Gasteiger partial charge on any atom is -0.480 e. The fraction of sp³-hybridized carbons (Fsp3) is 0.308. The summed E-state index contributed by atoms with van der Waals surface area (Å²) in [5, 5.41) is 13.9. The Morgan fingerprint density at radius 2 is 2.14 bits per heavy atom. The van der Waals surface area contributed by atoms with Crippen LogP contribution in [0.4, 0.5) is 5.69 Å². The van der Waals surface area contributed by atoms with Crippen molar-refractivity contribution in [2.45, 2.75) is 17.7 Å². The molecule has 1 fully saturated rings. The average Bonchev–Trinajstić information content (AvgIpc) is 2.44. The van der Waals surface area contributed by atoms with Gasteiger partial charge in [0, 0.05) is 17.2 Å². The van der Waals surface area contributed by atoms with Crippen molar-refractivity contribution in [3.05, 3.63) is 28.2 Å². The molecule has 1 aromatic carbocycles. The molecule has 2 atom stereocenters. The number of aliphatic carboxylic acids is 1. The maximum atomic E-state index is 12.0. The van der Waals surface area contributed by atoms with Gasteiger partial charge >= 0.3 is 5.97 Å². The molecular formula is C13H12Cl2N2O4S. The van der Waals surface area contributed by atoms with Crippen LogP contribution >= 0.6 is 35.0 Å². The van der Waals surface area contributed by atoms with Gasteiger partial charge in [0.15, 0.2) is 0 Å². The number of hydrogen-bond donors (Lipinski definition) is 3. The molecule has 22 heavy (non-hydrogen) atoms. The Labute approximate surface area is 140 Å². The number of amides is 2. The zero-order valence-electron chi connectivity index (χ0n) is 11.1.